The third-order valence-electron chi connectivity index (χ3n) is 5.52. The highest BCUT2D eigenvalue weighted by Crippen LogP contribution is 2.29. The van der Waals surface area contributed by atoms with Crippen LogP contribution < -0.4 is 0 Å². The maximum atomic E-state index is 12.8. The second-order valence-corrected chi connectivity index (χ2v) is 7.28. The Balaban J connectivity index is 1.34. The van der Waals surface area contributed by atoms with Gasteiger partial charge in [-0.2, -0.15) is 5.10 Å². The predicted octanol–water partition coefficient (Wildman–Crippen LogP) is 1.08. The first-order chi connectivity index (χ1) is 11.2. The Hall–Kier alpha value is -1.40. The standard InChI is InChI=1S/C17H26N4O2/c1-13-7-18-21(8-13)15-10-20(11-15)17(22)16-12-23-6-5-19(16)9-14-3-2-4-14/h7-8,14-16H,2-6,9-12H2,1H3. The van der Waals surface area contributed by atoms with Crippen molar-refractivity contribution < 1.29 is 9.53 Å². The molecule has 4 rings (SSSR count). The SMILES string of the molecule is Cc1cnn(C2CN(C(=O)C3COCCN3CC3CCC3)C2)c1. The fourth-order valence-electron chi connectivity index (χ4n) is 3.74. The van der Waals surface area contributed by atoms with Gasteiger partial charge in [-0.3, -0.25) is 14.4 Å². The molecule has 126 valence electrons. The van der Waals surface area contributed by atoms with Gasteiger partial charge in [-0.25, -0.2) is 0 Å². The molecule has 1 unspecified atom stereocenters. The Labute approximate surface area is 137 Å². The first kappa shape index (κ1) is 15.1. The van der Waals surface area contributed by atoms with E-state index in [0.29, 0.717) is 12.6 Å². The van der Waals surface area contributed by atoms with E-state index < -0.39 is 0 Å². The van der Waals surface area contributed by atoms with Crippen molar-refractivity contribution in [3.63, 3.8) is 0 Å². The first-order valence-corrected chi connectivity index (χ1v) is 8.82. The number of hydrogen-bond acceptors (Lipinski definition) is 4. The van der Waals surface area contributed by atoms with Crippen LogP contribution >= 0.6 is 0 Å². The second-order valence-electron chi connectivity index (χ2n) is 7.28. The number of nitrogens with zero attached hydrogens (tertiary/aromatic N) is 4. The lowest BCUT2D eigenvalue weighted by Gasteiger charge is -2.45. The summed E-state index contributed by atoms with van der Waals surface area (Å²) in [4.78, 5) is 17.2. The Morgan fingerprint density at radius 1 is 1.39 bits per heavy atom. The molecule has 3 aliphatic rings. The number of aromatic nitrogens is 2. The molecular formula is C17H26N4O2. The Kier molecular flexibility index (Phi) is 4.11. The Morgan fingerprint density at radius 2 is 2.22 bits per heavy atom. The van der Waals surface area contributed by atoms with Crippen molar-refractivity contribution in [3.05, 3.63) is 18.0 Å². The van der Waals surface area contributed by atoms with Gasteiger partial charge in [0.25, 0.3) is 0 Å². The summed E-state index contributed by atoms with van der Waals surface area (Å²) in [5.74, 6) is 1.03. The van der Waals surface area contributed by atoms with E-state index in [1.54, 1.807) is 0 Å². The molecule has 0 spiro atoms. The molecule has 0 bridgehead atoms. The zero-order chi connectivity index (χ0) is 15.8. The van der Waals surface area contributed by atoms with Crippen LogP contribution in [0.25, 0.3) is 0 Å². The summed E-state index contributed by atoms with van der Waals surface area (Å²) in [5, 5.41) is 4.36. The van der Waals surface area contributed by atoms with Crippen LogP contribution in [0.15, 0.2) is 12.4 Å². The van der Waals surface area contributed by atoms with Crippen LogP contribution in [0.1, 0.15) is 30.9 Å². The summed E-state index contributed by atoms with van der Waals surface area (Å²) < 4.78 is 7.58. The van der Waals surface area contributed by atoms with Crippen molar-refractivity contribution in [2.24, 2.45) is 5.92 Å². The molecule has 0 aromatic carbocycles. The number of aryl methyl sites for hydroxylation is 1. The van der Waals surface area contributed by atoms with Gasteiger partial charge in [0.1, 0.15) is 6.04 Å². The molecule has 2 saturated heterocycles. The van der Waals surface area contributed by atoms with Crippen LogP contribution in [0.5, 0.6) is 0 Å². The van der Waals surface area contributed by atoms with Crippen molar-refractivity contribution >= 4 is 5.91 Å². The Bertz CT molecular complexity index is 563. The number of morpholine rings is 1. The molecule has 1 amide bonds. The van der Waals surface area contributed by atoms with Crippen LogP contribution in [0, 0.1) is 12.8 Å². The Morgan fingerprint density at radius 3 is 2.87 bits per heavy atom. The minimum absolute atomic E-state index is 0.0790. The predicted molar refractivity (Wildman–Crippen MR) is 86.1 cm³/mol. The molecule has 1 saturated carbocycles. The van der Waals surface area contributed by atoms with E-state index >= 15 is 0 Å². The molecule has 3 heterocycles. The van der Waals surface area contributed by atoms with E-state index in [4.69, 9.17) is 4.74 Å². The van der Waals surface area contributed by atoms with Crippen molar-refractivity contribution in [3.8, 4) is 0 Å². The van der Waals surface area contributed by atoms with Crippen LogP contribution in [0.2, 0.25) is 0 Å². The highest BCUT2D eigenvalue weighted by molar-refractivity contribution is 5.83. The average Bonchev–Trinajstić information content (AvgIpc) is 2.88. The summed E-state index contributed by atoms with van der Waals surface area (Å²) in [6, 6.07) is 0.252. The number of hydrogen-bond donors (Lipinski definition) is 0. The highest BCUT2D eigenvalue weighted by Gasteiger charge is 2.40. The maximum Gasteiger partial charge on any atom is 0.242 e. The number of carbonyl (C=O) groups excluding carboxylic acids is 1. The monoisotopic (exact) mass is 318 g/mol. The van der Waals surface area contributed by atoms with Gasteiger partial charge >= 0.3 is 0 Å². The van der Waals surface area contributed by atoms with Crippen molar-refractivity contribution in [2.75, 3.05) is 39.4 Å². The molecule has 1 aliphatic carbocycles. The van der Waals surface area contributed by atoms with E-state index in [9.17, 15) is 4.79 Å². The molecule has 1 atom stereocenters. The summed E-state index contributed by atoms with van der Waals surface area (Å²) >= 11 is 0. The summed E-state index contributed by atoms with van der Waals surface area (Å²) in [6.45, 7) is 6.85. The van der Waals surface area contributed by atoms with Crippen LogP contribution in [0.3, 0.4) is 0 Å². The zero-order valence-electron chi connectivity index (χ0n) is 13.9. The number of rotatable bonds is 4. The molecule has 0 N–H and O–H groups in total. The van der Waals surface area contributed by atoms with Gasteiger partial charge in [0.15, 0.2) is 0 Å². The van der Waals surface area contributed by atoms with E-state index in [1.165, 1.54) is 24.8 Å². The van der Waals surface area contributed by atoms with E-state index in [1.807, 2.05) is 22.7 Å². The van der Waals surface area contributed by atoms with Gasteiger partial charge in [0.05, 0.1) is 25.5 Å². The average molecular weight is 318 g/mol. The van der Waals surface area contributed by atoms with E-state index in [-0.39, 0.29) is 11.9 Å². The van der Waals surface area contributed by atoms with E-state index in [0.717, 1.165) is 38.7 Å². The molecule has 1 aromatic heterocycles. The molecular weight excluding hydrogens is 292 g/mol. The van der Waals surface area contributed by atoms with Gasteiger partial charge in [0, 0.05) is 32.4 Å². The quantitative estimate of drug-likeness (QED) is 0.833. The lowest BCUT2D eigenvalue weighted by molar-refractivity contribution is -0.150. The van der Waals surface area contributed by atoms with Crippen molar-refractivity contribution in [2.45, 2.75) is 38.3 Å². The summed E-state index contributed by atoms with van der Waals surface area (Å²) in [7, 11) is 0. The fraction of sp³-hybridized carbons (Fsp3) is 0.765. The van der Waals surface area contributed by atoms with Gasteiger partial charge in [-0.1, -0.05) is 6.42 Å². The van der Waals surface area contributed by atoms with E-state index in [2.05, 4.69) is 16.2 Å². The zero-order valence-corrected chi connectivity index (χ0v) is 13.9. The first-order valence-electron chi connectivity index (χ1n) is 8.82. The highest BCUT2D eigenvalue weighted by atomic mass is 16.5. The van der Waals surface area contributed by atoms with Gasteiger partial charge in [-0.15, -0.1) is 0 Å². The number of ether oxygens (including phenoxy) is 1. The van der Waals surface area contributed by atoms with Crippen molar-refractivity contribution in [1.29, 1.82) is 0 Å². The second kappa shape index (κ2) is 6.24. The topological polar surface area (TPSA) is 50.6 Å². The van der Waals surface area contributed by atoms with Gasteiger partial charge in [-0.05, 0) is 31.2 Å². The smallest absolute Gasteiger partial charge is 0.242 e. The summed E-state index contributed by atoms with van der Waals surface area (Å²) in [5.41, 5.74) is 1.17. The molecule has 6 nitrogen and oxygen atoms in total. The maximum absolute atomic E-state index is 12.8. The molecule has 3 fully saturated rings. The number of likely N-dealkylation sites (tertiary alicyclic amines) is 1. The minimum atomic E-state index is -0.0790. The molecule has 0 radical (unpaired) electrons. The van der Waals surface area contributed by atoms with Crippen molar-refractivity contribution in [1.82, 2.24) is 19.6 Å². The van der Waals surface area contributed by atoms with Crippen LogP contribution in [-0.2, 0) is 9.53 Å². The lowest BCUT2D eigenvalue weighted by atomic mass is 9.84. The third-order valence-corrected chi connectivity index (χ3v) is 5.52. The van der Waals surface area contributed by atoms with Gasteiger partial charge < -0.3 is 9.64 Å². The van der Waals surface area contributed by atoms with Crippen LogP contribution in [0.4, 0.5) is 0 Å². The fourth-order valence-corrected chi connectivity index (χ4v) is 3.74. The molecule has 2 aliphatic heterocycles. The largest absolute Gasteiger partial charge is 0.378 e. The number of carbonyl (C=O) groups is 1. The molecule has 1 aromatic rings. The van der Waals surface area contributed by atoms with Crippen LogP contribution in [-0.4, -0.2) is 70.9 Å². The third kappa shape index (κ3) is 3.02. The lowest BCUT2D eigenvalue weighted by Crippen LogP contribution is -2.61. The normalized spacial score (nSPS) is 26.8. The molecule has 23 heavy (non-hydrogen) atoms. The molecule has 6 heteroatoms. The number of amides is 1. The summed E-state index contributed by atoms with van der Waals surface area (Å²) in [6.07, 6.45) is 7.93. The van der Waals surface area contributed by atoms with Gasteiger partial charge in [0.2, 0.25) is 5.91 Å². The minimum Gasteiger partial charge on any atom is -0.378 e.